The average Bonchev–Trinajstić information content (AvgIpc) is 2.54. The number of para-hydroxylation sites is 2. The van der Waals surface area contributed by atoms with E-state index in [1.807, 2.05) is 0 Å². The molecule has 0 aliphatic heterocycles. The predicted octanol–water partition coefficient (Wildman–Crippen LogP) is 1.08. The molecule has 2 rings (SSSR count). The first kappa shape index (κ1) is 15.4. The van der Waals surface area contributed by atoms with Gasteiger partial charge in [-0.3, -0.25) is 4.79 Å². The summed E-state index contributed by atoms with van der Waals surface area (Å²) in [7, 11) is 1.51. The topological polar surface area (TPSA) is 87.7 Å². The molecule has 0 bridgehead atoms. The number of benzene rings is 2. The Morgan fingerprint density at radius 1 is 1.09 bits per heavy atom. The van der Waals surface area contributed by atoms with Crippen molar-refractivity contribution < 1.29 is 24.2 Å². The fourth-order valence-corrected chi connectivity index (χ4v) is 1.77. The van der Waals surface area contributed by atoms with Crippen LogP contribution in [0.25, 0.3) is 0 Å². The van der Waals surface area contributed by atoms with Gasteiger partial charge < -0.3 is 24.7 Å². The molecule has 0 unspecified atom stereocenters. The maximum absolute atomic E-state index is 11.8. The van der Waals surface area contributed by atoms with E-state index < -0.39 is 5.97 Å². The van der Waals surface area contributed by atoms with Crippen molar-refractivity contribution in [3.63, 3.8) is 0 Å². The summed E-state index contributed by atoms with van der Waals surface area (Å²) in [6.07, 6.45) is 0. The maximum atomic E-state index is 11.8. The molecule has 2 aromatic carbocycles. The van der Waals surface area contributed by atoms with Gasteiger partial charge in [0.1, 0.15) is 11.5 Å². The van der Waals surface area contributed by atoms with Crippen LogP contribution in [-0.4, -0.2) is 25.6 Å². The molecule has 0 spiro atoms. The van der Waals surface area contributed by atoms with Gasteiger partial charge in [0.05, 0.1) is 18.8 Å². The molecule has 2 aromatic rings. The van der Waals surface area contributed by atoms with Crippen molar-refractivity contribution in [3.05, 3.63) is 54.1 Å². The van der Waals surface area contributed by atoms with Crippen molar-refractivity contribution >= 4 is 17.6 Å². The zero-order valence-electron chi connectivity index (χ0n) is 11.9. The Kier molecular flexibility index (Phi) is 4.98. The highest BCUT2D eigenvalue weighted by molar-refractivity contribution is 5.93. The summed E-state index contributed by atoms with van der Waals surface area (Å²) in [5.74, 6) is -0.678. The molecule has 0 fully saturated rings. The van der Waals surface area contributed by atoms with Gasteiger partial charge in [0.25, 0.3) is 5.91 Å². The second-order valence-corrected chi connectivity index (χ2v) is 4.35. The molecule has 6 heteroatoms. The van der Waals surface area contributed by atoms with Gasteiger partial charge in [-0.25, -0.2) is 0 Å². The molecule has 0 aromatic heterocycles. The Morgan fingerprint density at radius 2 is 1.77 bits per heavy atom. The highest BCUT2D eigenvalue weighted by atomic mass is 16.5. The number of amides is 1. The van der Waals surface area contributed by atoms with Gasteiger partial charge in [0.2, 0.25) is 0 Å². The van der Waals surface area contributed by atoms with E-state index in [1.165, 1.54) is 31.4 Å². The minimum atomic E-state index is -1.26. The number of methoxy groups -OCH3 is 1. The number of carboxylic acids is 1. The van der Waals surface area contributed by atoms with E-state index in [2.05, 4.69) is 5.32 Å². The first-order valence-corrected chi connectivity index (χ1v) is 6.47. The van der Waals surface area contributed by atoms with Gasteiger partial charge in [-0.15, -0.1) is 0 Å². The smallest absolute Gasteiger partial charge is 0.262 e. The van der Waals surface area contributed by atoms with Crippen LogP contribution in [0.2, 0.25) is 0 Å². The fraction of sp³-hybridized carbons (Fsp3) is 0.125. The molecule has 1 N–H and O–H groups in total. The lowest BCUT2D eigenvalue weighted by Crippen LogP contribution is -2.22. The molecule has 6 nitrogen and oxygen atoms in total. The van der Waals surface area contributed by atoms with E-state index in [4.69, 9.17) is 9.47 Å². The van der Waals surface area contributed by atoms with Crippen molar-refractivity contribution in [2.45, 2.75) is 0 Å². The fourth-order valence-electron chi connectivity index (χ4n) is 1.77. The number of carbonyl (C=O) groups is 2. The molecule has 0 saturated carbocycles. The van der Waals surface area contributed by atoms with Crippen molar-refractivity contribution in [1.29, 1.82) is 0 Å². The lowest BCUT2D eigenvalue weighted by molar-refractivity contribution is -0.255. The number of aromatic carboxylic acids is 1. The lowest BCUT2D eigenvalue weighted by atomic mass is 10.2. The number of nitrogens with one attached hydrogen (secondary N) is 1. The van der Waals surface area contributed by atoms with E-state index in [-0.39, 0.29) is 18.1 Å². The molecular formula is C16H14NO5-. The Morgan fingerprint density at radius 3 is 2.41 bits per heavy atom. The largest absolute Gasteiger partial charge is 0.545 e. The Bertz CT molecular complexity index is 666. The standard InChI is InChI=1S/C16H15NO5/c1-21-14-5-3-2-4-13(14)17-15(18)10-22-12-8-6-11(7-9-12)16(19)20/h2-9H,10H2,1H3,(H,17,18)(H,19,20)/p-1. The Balaban J connectivity index is 1.91. The monoisotopic (exact) mass is 300 g/mol. The van der Waals surface area contributed by atoms with Crippen molar-refractivity contribution in [2.24, 2.45) is 0 Å². The molecule has 0 atom stereocenters. The highest BCUT2D eigenvalue weighted by Crippen LogP contribution is 2.22. The zero-order chi connectivity index (χ0) is 15.9. The number of ether oxygens (including phenoxy) is 2. The van der Waals surface area contributed by atoms with Crippen molar-refractivity contribution in [3.8, 4) is 11.5 Å². The molecule has 0 saturated heterocycles. The van der Waals surface area contributed by atoms with Gasteiger partial charge >= 0.3 is 0 Å². The van der Waals surface area contributed by atoms with Crippen LogP contribution in [-0.2, 0) is 4.79 Å². The third-order valence-corrected chi connectivity index (χ3v) is 2.84. The van der Waals surface area contributed by atoms with Crippen LogP contribution in [0.1, 0.15) is 10.4 Å². The summed E-state index contributed by atoms with van der Waals surface area (Å²) in [5.41, 5.74) is 0.594. The third kappa shape index (κ3) is 3.99. The van der Waals surface area contributed by atoms with Gasteiger partial charge in [-0.2, -0.15) is 0 Å². The van der Waals surface area contributed by atoms with E-state index in [9.17, 15) is 14.7 Å². The number of hydrogen-bond donors (Lipinski definition) is 1. The van der Waals surface area contributed by atoms with Crippen LogP contribution in [0.3, 0.4) is 0 Å². The second-order valence-electron chi connectivity index (χ2n) is 4.35. The van der Waals surface area contributed by atoms with E-state index in [0.29, 0.717) is 17.2 Å². The molecule has 1 amide bonds. The number of rotatable bonds is 6. The Hall–Kier alpha value is -3.02. The normalized spacial score (nSPS) is 9.86. The molecule has 0 aliphatic carbocycles. The summed E-state index contributed by atoms with van der Waals surface area (Å²) in [6.45, 7) is -0.206. The SMILES string of the molecule is COc1ccccc1NC(=O)COc1ccc(C(=O)[O-])cc1. The highest BCUT2D eigenvalue weighted by Gasteiger charge is 2.07. The van der Waals surface area contributed by atoms with Gasteiger partial charge in [0.15, 0.2) is 6.61 Å². The minimum absolute atomic E-state index is 0.0471. The quantitative estimate of drug-likeness (QED) is 0.862. The van der Waals surface area contributed by atoms with Crippen molar-refractivity contribution in [1.82, 2.24) is 0 Å². The molecular weight excluding hydrogens is 286 g/mol. The van der Waals surface area contributed by atoms with Gasteiger partial charge in [0, 0.05) is 0 Å². The summed E-state index contributed by atoms with van der Waals surface area (Å²) in [5, 5.41) is 13.3. The lowest BCUT2D eigenvalue weighted by Gasteiger charge is -2.11. The molecule has 114 valence electrons. The summed E-state index contributed by atoms with van der Waals surface area (Å²) < 4.78 is 10.4. The molecule has 0 heterocycles. The van der Waals surface area contributed by atoms with Crippen LogP contribution >= 0.6 is 0 Å². The summed E-state index contributed by atoms with van der Waals surface area (Å²) >= 11 is 0. The minimum Gasteiger partial charge on any atom is -0.545 e. The van der Waals surface area contributed by atoms with Gasteiger partial charge in [-0.05, 0) is 42.0 Å². The second kappa shape index (κ2) is 7.12. The van der Waals surface area contributed by atoms with Crippen LogP contribution in [0, 0.1) is 0 Å². The first-order valence-electron chi connectivity index (χ1n) is 6.47. The molecule has 0 radical (unpaired) electrons. The van der Waals surface area contributed by atoms with E-state index in [1.54, 1.807) is 24.3 Å². The van der Waals surface area contributed by atoms with Crippen LogP contribution in [0.4, 0.5) is 5.69 Å². The number of hydrogen-bond acceptors (Lipinski definition) is 5. The summed E-state index contributed by atoms with van der Waals surface area (Å²) in [4.78, 5) is 22.4. The van der Waals surface area contributed by atoms with E-state index >= 15 is 0 Å². The molecule has 22 heavy (non-hydrogen) atoms. The van der Waals surface area contributed by atoms with Gasteiger partial charge in [-0.1, -0.05) is 12.1 Å². The number of carboxylic acid groups (broad SMARTS) is 1. The van der Waals surface area contributed by atoms with Crippen molar-refractivity contribution in [2.75, 3.05) is 19.0 Å². The first-order chi connectivity index (χ1) is 10.6. The summed E-state index contributed by atoms with van der Waals surface area (Å²) in [6, 6.07) is 12.6. The molecule has 0 aliphatic rings. The van der Waals surface area contributed by atoms with Crippen LogP contribution in [0.15, 0.2) is 48.5 Å². The zero-order valence-corrected chi connectivity index (χ0v) is 11.9. The average molecular weight is 300 g/mol. The number of carbonyl (C=O) groups excluding carboxylic acids is 2. The number of anilines is 1. The third-order valence-electron chi connectivity index (χ3n) is 2.84. The van der Waals surface area contributed by atoms with Crippen LogP contribution in [0.5, 0.6) is 11.5 Å². The van der Waals surface area contributed by atoms with Crippen LogP contribution < -0.4 is 19.9 Å². The van der Waals surface area contributed by atoms with E-state index in [0.717, 1.165) is 0 Å². The Labute approximate surface area is 127 Å². The predicted molar refractivity (Wildman–Crippen MR) is 77.9 cm³/mol. The maximum Gasteiger partial charge on any atom is 0.262 e.